The topological polar surface area (TPSA) is 66.4 Å². The predicted molar refractivity (Wildman–Crippen MR) is 67.5 cm³/mol. The Balaban J connectivity index is 2.47. The zero-order chi connectivity index (χ0) is 13.0. The van der Waals surface area contributed by atoms with Gasteiger partial charge in [0, 0.05) is 17.8 Å². The fraction of sp³-hybridized carbons (Fsp3) is 0.500. The second-order valence-corrected chi connectivity index (χ2v) is 5.52. The van der Waals surface area contributed by atoms with Crippen molar-refractivity contribution in [3.63, 3.8) is 0 Å². The Bertz CT molecular complexity index is 406. The lowest BCUT2D eigenvalue weighted by Gasteiger charge is -2.09. The molecule has 0 aliphatic heterocycles. The Kier molecular flexibility index (Phi) is 4.69. The number of amides is 1. The van der Waals surface area contributed by atoms with Crippen LogP contribution in [-0.4, -0.2) is 23.5 Å². The number of thiophene rings is 1. The summed E-state index contributed by atoms with van der Waals surface area (Å²) in [5.74, 6) is -1.02. The van der Waals surface area contributed by atoms with Crippen molar-refractivity contribution in [3.8, 4) is 0 Å². The number of hydrogen-bond donors (Lipinski definition) is 2. The molecule has 0 saturated carbocycles. The van der Waals surface area contributed by atoms with Crippen LogP contribution in [0.25, 0.3) is 0 Å². The minimum Gasteiger partial charge on any atom is -0.481 e. The number of rotatable bonds is 5. The molecule has 0 bridgehead atoms. The van der Waals surface area contributed by atoms with E-state index in [2.05, 4.69) is 5.32 Å². The lowest BCUT2D eigenvalue weighted by Crippen LogP contribution is -2.28. The van der Waals surface area contributed by atoms with E-state index in [1.54, 1.807) is 6.92 Å². The van der Waals surface area contributed by atoms with Gasteiger partial charge in [0.1, 0.15) is 0 Å². The van der Waals surface area contributed by atoms with Gasteiger partial charge in [0.15, 0.2) is 0 Å². The molecule has 1 aromatic heterocycles. The highest BCUT2D eigenvalue weighted by atomic mass is 32.1. The minimum atomic E-state index is -0.838. The van der Waals surface area contributed by atoms with E-state index in [1.165, 1.54) is 11.3 Å². The van der Waals surface area contributed by atoms with Crippen molar-refractivity contribution in [2.75, 3.05) is 6.54 Å². The van der Waals surface area contributed by atoms with Crippen LogP contribution in [-0.2, 0) is 4.79 Å². The first-order valence-corrected chi connectivity index (χ1v) is 6.28. The Morgan fingerprint density at radius 1 is 1.47 bits per heavy atom. The summed E-state index contributed by atoms with van der Waals surface area (Å²) in [5.41, 5.74) is 1.11. The maximum atomic E-state index is 11.8. The first kappa shape index (κ1) is 13.7. The van der Waals surface area contributed by atoms with E-state index in [-0.39, 0.29) is 18.2 Å². The average Bonchev–Trinajstić information content (AvgIpc) is 2.55. The molecule has 94 valence electrons. The lowest BCUT2D eigenvalue weighted by molar-refractivity contribution is -0.137. The first-order chi connectivity index (χ1) is 7.90. The van der Waals surface area contributed by atoms with Gasteiger partial charge in [-0.3, -0.25) is 9.59 Å². The summed E-state index contributed by atoms with van der Waals surface area (Å²) in [6, 6.07) is 1.86. The van der Waals surface area contributed by atoms with E-state index in [1.807, 2.05) is 19.9 Å². The Morgan fingerprint density at radius 3 is 2.59 bits per heavy atom. The number of nitrogens with one attached hydrogen (secondary N) is 1. The maximum Gasteiger partial charge on any atom is 0.303 e. The third-order valence-electron chi connectivity index (χ3n) is 2.52. The molecule has 1 heterocycles. The monoisotopic (exact) mass is 255 g/mol. The van der Waals surface area contributed by atoms with E-state index in [0.29, 0.717) is 11.4 Å². The van der Waals surface area contributed by atoms with Crippen LogP contribution in [0.1, 0.15) is 33.5 Å². The van der Waals surface area contributed by atoms with Crippen molar-refractivity contribution in [1.82, 2.24) is 5.32 Å². The first-order valence-electron chi connectivity index (χ1n) is 5.47. The van der Waals surface area contributed by atoms with Gasteiger partial charge < -0.3 is 10.4 Å². The standard InChI is InChI=1S/C12H17NO3S/c1-7(4-11(14)15)6-13-12(16)10-5-8(2)9(3)17-10/h5,7H,4,6H2,1-3H3,(H,13,16)(H,14,15). The molecule has 2 N–H and O–H groups in total. The maximum absolute atomic E-state index is 11.8. The molecule has 0 aliphatic carbocycles. The van der Waals surface area contributed by atoms with E-state index >= 15 is 0 Å². The van der Waals surface area contributed by atoms with Gasteiger partial charge in [0.2, 0.25) is 0 Å². The van der Waals surface area contributed by atoms with Gasteiger partial charge in [-0.1, -0.05) is 6.92 Å². The molecule has 1 atom stereocenters. The second kappa shape index (κ2) is 5.82. The molecular formula is C12H17NO3S. The van der Waals surface area contributed by atoms with Gasteiger partial charge in [0.05, 0.1) is 4.88 Å². The van der Waals surface area contributed by atoms with Crippen LogP contribution in [0.3, 0.4) is 0 Å². The van der Waals surface area contributed by atoms with Crippen LogP contribution in [0.4, 0.5) is 0 Å². The minimum absolute atomic E-state index is 0.0568. The third-order valence-corrected chi connectivity index (χ3v) is 3.68. The second-order valence-electron chi connectivity index (χ2n) is 4.26. The van der Waals surface area contributed by atoms with Crippen molar-refractivity contribution in [2.45, 2.75) is 27.2 Å². The number of carboxylic acids is 1. The average molecular weight is 255 g/mol. The molecule has 4 nitrogen and oxygen atoms in total. The molecule has 17 heavy (non-hydrogen) atoms. The Labute approximate surface area is 105 Å². The molecule has 1 amide bonds. The number of carbonyl (C=O) groups excluding carboxylic acids is 1. The summed E-state index contributed by atoms with van der Waals surface area (Å²) in [6.07, 6.45) is 0.0722. The molecule has 0 aliphatic rings. The van der Waals surface area contributed by atoms with E-state index in [4.69, 9.17) is 5.11 Å². The molecule has 5 heteroatoms. The van der Waals surface area contributed by atoms with Crippen LogP contribution in [0.5, 0.6) is 0 Å². The Hall–Kier alpha value is -1.36. The normalized spacial score (nSPS) is 12.2. The van der Waals surface area contributed by atoms with Crippen LogP contribution in [0.2, 0.25) is 0 Å². The predicted octanol–water partition coefficient (Wildman–Crippen LogP) is 2.21. The highest BCUT2D eigenvalue weighted by Gasteiger charge is 2.12. The fourth-order valence-electron chi connectivity index (χ4n) is 1.41. The number of carbonyl (C=O) groups is 2. The number of carboxylic acid groups (broad SMARTS) is 1. The summed E-state index contributed by atoms with van der Waals surface area (Å²) in [5, 5.41) is 11.3. The van der Waals surface area contributed by atoms with Crippen LogP contribution < -0.4 is 5.32 Å². The Morgan fingerprint density at radius 2 is 2.12 bits per heavy atom. The molecule has 0 aromatic carbocycles. The zero-order valence-electron chi connectivity index (χ0n) is 10.2. The van der Waals surface area contributed by atoms with Crippen molar-refractivity contribution >= 4 is 23.2 Å². The fourth-order valence-corrected chi connectivity index (χ4v) is 2.36. The van der Waals surface area contributed by atoms with Crippen molar-refractivity contribution < 1.29 is 14.7 Å². The largest absolute Gasteiger partial charge is 0.481 e. The summed E-state index contributed by atoms with van der Waals surface area (Å²) in [6.45, 7) is 6.14. The van der Waals surface area contributed by atoms with E-state index < -0.39 is 5.97 Å². The van der Waals surface area contributed by atoms with Gasteiger partial charge >= 0.3 is 5.97 Å². The van der Waals surface area contributed by atoms with Gasteiger partial charge in [-0.05, 0) is 31.4 Å². The highest BCUT2D eigenvalue weighted by Crippen LogP contribution is 2.20. The van der Waals surface area contributed by atoms with Crippen molar-refractivity contribution in [2.24, 2.45) is 5.92 Å². The van der Waals surface area contributed by atoms with Crippen LogP contribution in [0.15, 0.2) is 6.07 Å². The molecule has 0 spiro atoms. The molecule has 0 fully saturated rings. The number of hydrogen-bond acceptors (Lipinski definition) is 3. The van der Waals surface area contributed by atoms with Crippen LogP contribution >= 0.6 is 11.3 Å². The number of aryl methyl sites for hydroxylation is 2. The molecule has 0 saturated heterocycles. The summed E-state index contributed by atoms with van der Waals surface area (Å²) >= 11 is 1.46. The molecule has 1 rings (SSSR count). The highest BCUT2D eigenvalue weighted by molar-refractivity contribution is 7.14. The number of aliphatic carboxylic acids is 1. The molecule has 1 unspecified atom stereocenters. The van der Waals surface area contributed by atoms with Gasteiger partial charge in [-0.15, -0.1) is 11.3 Å². The third kappa shape index (κ3) is 4.19. The molecule has 1 aromatic rings. The lowest BCUT2D eigenvalue weighted by atomic mass is 10.1. The van der Waals surface area contributed by atoms with Gasteiger partial charge in [-0.2, -0.15) is 0 Å². The smallest absolute Gasteiger partial charge is 0.303 e. The summed E-state index contributed by atoms with van der Waals surface area (Å²) < 4.78 is 0. The van der Waals surface area contributed by atoms with Crippen molar-refractivity contribution in [3.05, 3.63) is 21.4 Å². The van der Waals surface area contributed by atoms with Gasteiger partial charge in [-0.25, -0.2) is 0 Å². The quantitative estimate of drug-likeness (QED) is 0.847. The molecular weight excluding hydrogens is 238 g/mol. The van der Waals surface area contributed by atoms with E-state index in [0.717, 1.165) is 10.4 Å². The summed E-state index contributed by atoms with van der Waals surface area (Å²) in [4.78, 5) is 24.0. The van der Waals surface area contributed by atoms with Crippen molar-refractivity contribution in [1.29, 1.82) is 0 Å². The van der Waals surface area contributed by atoms with E-state index in [9.17, 15) is 9.59 Å². The summed E-state index contributed by atoms with van der Waals surface area (Å²) in [7, 11) is 0. The zero-order valence-corrected chi connectivity index (χ0v) is 11.1. The molecule has 0 radical (unpaired) electrons. The van der Waals surface area contributed by atoms with Crippen LogP contribution in [0, 0.1) is 19.8 Å². The van der Waals surface area contributed by atoms with Gasteiger partial charge in [0.25, 0.3) is 5.91 Å². The SMILES string of the molecule is Cc1cc(C(=O)NCC(C)CC(=O)O)sc1C.